The van der Waals surface area contributed by atoms with Gasteiger partial charge in [-0.3, -0.25) is 9.69 Å². The van der Waals surface area contributed by atoms with E-state index < -0.39 is 0 Å². The number of likely N-dealkylation sites (tertiary alicyclic amines) is 1. The Morgan fingerprint density at radius 1 is 1.27 bits per heavy atom. The molecule has 1 aliphatic carbocycles. The highest BCUT2D eigenvalue weighted by Gasteiger charge is 2.43. The van der Waals surface area contributed by atoms with Gasteiger partial charge in [-0.25, -0.2) is 4.98 Å². The number of carbonyl (C=O) groups excluding carboxylic acids is 1. The second-order valence-electron chi connectivity index (χ2n) is 7.79. The first-order valence-corrected chi connectivity index (χ1v) is 9.57. The number of fused-ring (bicyclic) bond motifs is 1. The van der Waals surface area contributed by atoms with Crippen molar-refractivity contribution in [1.82, 2.24) is 14.8 Å². The fourth-order valence-electron chi connectivity index (χ4n) is 4.74. The van der Waals surface area contributed by atoms with Crippen molar-refractivity contribution in [2.75, 3.05) is 20.1 Å². The van der Waals surface area contributed by atoms with E-state index >= 15 is 0 Å². The number of aryl methyl sites for hydroxylation is 1. The molecule has 2 fully saturated rings. The average Bonchev–Trinajstić information content (AvgIpc) is 3.29. The van der Waals surface area contributed by atoms with Crippen LogP contribution in [0.15, 0.2) is 41.0 Å². The van der Waals surface area contributed by atoms with Gasteiger partial charge in [0.1, 0.15) is 11.5 Å². The Balaban J connectivity index is 1.46. The summed E-state index contributed by atoms with van der Waals surface area (Å²) in [5.41, 5.74) is 1.47. The van der Waals surface area contributed by atoms with Crippen LogP contribution in [0.3, 0.4) is 0 Å². The molecule has 3 heterocycles. The summed E-state index contributed by atoms with van der Waals surface area (Å²) in [4.78, 5) is 21.8. The number of nitrogens with zero attached hydrogens (tertiary/aromatic N) is 3. The maximum absolute atomic E-state index is 12.9. The van der Waals surface area contributed by atoms with Crippen molar-refractivity contribution in [2.45, 2.75) is 38.8 Å². The van der Waals surface area contributed by atoms with Crippen LogP contribution in [0.25, 0.3) is 0 Å². The number of hydrogen-bond donors (Lipinski definition) is 0. The lowest BCUT2D eigenvalue weighted by atomic mass is 9.77. The van der Waals surface area contributed by atoms with Crippen LogP contribution in [0.2, 0.25) is 0 Å². The van der Waals surface area contributed by atoms with Gasteiger partial charge >= 0.3 is 0 Å². The second-order valence-corrected chi connectivity index (χ2v) is 7.79. The molecule has 2 aliphatic rings. The summed E-state index contributed by atoms with van der Waals surface area (Å²) in [6.07, 6.45) is 5.39. The van der Waals surface area contributed by atoms with Gasteiger partial charge in [0.05, 0.1) is 12.8 Å². The highest BCUT2D eigenvalue weighted by atomic mass is 16.3. The molecule has 0 radical (unpaired) electrons. The predicted molar refractivity (Wildman–Crippen MR) is 99.7 cm³/mol. The summed E-state index contributed by atoms with van der Waals surface area (Å²) < 4.78 is 5.52. The molecule has 3 atom stereocenters. The molecule has 0 aromatic carbocycles. The third kappa shape index (κ3) is 3.40. The van der Waals surface area contributed by atoms with Crippen molar-refractivity contribution in [3.05, 3.63) is 53.7 Å². The minimum atomic E-state index is 0.0792. The van der Waals surface area contributed by atoms with Gasteiger partial charge in [-0.15, -0.1) is 0 Å². The molecule has 1 saturated heterocycles. The van der Waals surface area contributed by atoms with Crippen molar-refractivity contribution in [2.24, 2.45) is 11.8 Å². The van der Waals surface area contributed by atoms with Crippen LogP contribution in [-0.2, 0) is 6.54 Å². The van der Waals surface area contributed by atoms with E-state index in [-0.39, 0.29) is 5.91 Å². The number of carbonyl (C=O) groups is 1. The van der Waals surface area contributed by atoms with Crippen molar-refractivity contribution in [3.8, 4) is 0 Å². The van der Waals surface area contributed by atoms with Crippen molar-refractivity contribution in [1.29, 1.82) is 0 Å². The average molecular weight is 353 g/mol. The van der Waals surface area contributed by atoms with Gasteiger partial charge in [-0.05, 0) is 62.9 Å². The molecule has 2 aromatic rings. The number of rotatable bonds is 4. The van der Waals surface area contributed by atoms with E-state index in [4.69, 9.17) is 4.42 Å². The number of pyridine rings is 1. The molecule has 1 saturated carbocycles. The number of hydrogen-bond acceptors (Lipinski definition) is 4. The van der Waals surface area contributed by atoms with Gasteiger partial charge < -0.3 is 9.32 Å². The minimum Gasteiger partial charge on any atom is -0.468 e. The zero-order valence-electron chi connectivity index (χ0n) is 15.6. The monoisotopic (exact) mass is 353 g/mol. The molecular formula is C21H27N3O2. The maximum Gasteiger partial charge on any atom is 0.272 e. The van der Waals surface area contributed by atoms with Crippen molar-refractivity contribution < 1.29 is 9.21 Å². The summed E-state index contributed by atoms with van der Waals surface area (Å²) in [6, 6.07) is 10.2. The Labute approximate surface area is 155 Å². The molecule has 1 aliphatic heterocycles. The van der Waals surface area contributed by atoms with Crippen LogP contribution in [0.1, 0.15) is 41.2 Å². The van der Waals surface area contributed by atoms with Gasteiger partial charge in [-0.1, -0.05) is 12.5 Å². The summed E-state index contributed by atoms with van der Waals surface area (Å²) in [5, 5.41) is 0. The highest BCUT2D eigenvalue weighted by Crippen LogP contribution is 2.39. The molecule has 0 bridgehead atoms. The standard InChI is InChI=1S/C21H27N3O2/c1-15-6-3-9-19(22-15)21(25)24-12-16-7-4-10-20(18(16)14-24)23(2)13-17-8-5-11-26-17/h3,5-6,8-9,11,16,18,20H,4,7,10,12-14H2,1-2H3/t16-,18+,20+/m0/s1. The summed E-state index contributed by atoms with van der Waals surface area (Å²) in [7, 11) is 2.18. The lowest BCUT2D eigenvalue weighted by Crippen LogP contribution is -2.43. The first-order valence-electron chi connectivity index (χ1n) is 9.57. The molecule has 0 spiro atoms. The Morgan fingerprint density at radius 3 is 2.92 bits per heavy atom. The summed E-state index contributed by atoms with van der Waals surface area (Å²) in [6.45, 7) is 4.46. The molecule has 1 amide bonds. The van der Waals surface area contributed by atoms with Gasteiger partial charge in [-0.2, -0.15) is 0 Å². The fraction of sp³-hybridized carbons (Fsp3) is 0.524. The number of aromatic nitrogens is 1. The second kappa shape index (κ2) is 7.23. The van der Waals surface area contributed by atoms with E-state index in [1.807, 2.05) is 42.2 Å². The first kappa shape index (κ1) is 17.3. The van der Waals surface area contributed by atoms with Crippen LogP contribution < -0.4 is 0 Å². The largest absolute Gasteiger partial charge is 0.468 e. The molecule has 0 N–H and O–H groups in total. The molecule has 5 heteroatoms. The minimum absolute atomic E-state index is 0.0792. The maximum atomic E-state index is 12.9. The lowest BCUT2D eigenvalue weighted by Gasteiger charge is -2.38. The van der Waals surface area contributed by atoms with Crippen LogP contribution in [0.4, 0.5) is 0 Å². The van der Waals surface area contributed by atoms with Gasteiger partial charge in [0.2, 0.25) is 0 Å². The van der Waals surface area contributed by atoms with E-state index in [1.54, 1.807) is 6.26 Å². The zero-order valence-corrected chi connectivity index (χ0v) is 15.6. The number of amides is 1. The SMILES string of the molecule is Cc1cccc(C(=O)N2C[C@@H]3CCC[C@@H](N(C)Cc4ccco4)[C@@H]3C2)n1. The molecule has 2 aromatic heterocycles. The fourth-order valence-corrected chi connectivity index (χ4v) is 4.74. The molecule has 26 heavy (non-hydrogen) atoms. The van der Waals surface area contributed by atoms with Crippen LogP contribution in [-0.4, -0.2) is 46.9 Å². The topological polar surface area (TPSA) is 49.6 Å². The third-order valence-corrected chi connectivity index (χ3v) is 6.01. The van der Waals surface area contributed by atoms with Gasteiger partial charge in [0.25, 0.3) is 5.91 Å². The number of furan rings is 1. The normalized spacial score (nSPS) is 25.5. The smallest absolute Gasteiger partial charge is 0.272 e. The predicted octanol–water partition coefficient (Wildman–Crippen LogP) is 3.36. The van der Waals surface area contributed by atoms with E-state index in [9.17, 15) is 4.79 Å². The molecular weight excluding hydrogens is 326 g/mol. The summed E-state index contributed by atoms with van der Waals surface area (Å²) >= 11 is 0. The zero-order chi connectivity index (χ0) is 18.1. The van der Waals surface area contributed by atoms with E-state index in [0.29, 0.717) is 23.6 Å². The van der Waals surface area contributed by atoms with Crippen LogP contribution >= 0.6 is 0 Å². The van der Waals surface area contributed by atoms with Gasteiger partial charge in [0, 0.05) is 24.8 Å². The summed E-state index contributed by atoms with van der Waals surface area (Å²) in [5.74, 6) is 2.22. The highest BCUT2D eigenvalue weighted by molar-refractivity contribution is 5.92. The molecule has 138 valence electrons. The van der Waals surface area contributed by atoms with E-state index in [0.717, 1.165) is 31.1 Å². The molecule has 0 unspecified atom stereocenters. The van der Waals surface area contributed by atoms with Gasteiger partial charge in [0.15, 0.2) is 0 Å². The van der Waals surface area contributed by atoms with Crippen molar-refractivity contribution >= 4 is 5.91 Å². The third-order valence-electron chi connectivity index (χ3n) is 6.01. The van der Waals surface area contributed by atoms with E-state index in [1.165, 1.54) is 19.3 Å². The lowest BCUT2D eigenvalue weighted by molar-refractivity contribution is 0.0761. The van der Waals surface area contributed by atoms with Crippen LogP contribution in [0, 0.1) is 18.8 Å². The molecule has 4 rings (SSSR count). The Hall–Kier alpha value is -2.14. The van der Waals surface area contributed by atoms with E-state index in [2.05, 4.69) is 16.9 Å². The quantitative estimate of drug-likeness (QED) is 0.846. The Kier molecular flexibility index (Phi) is 4.81. The Bertz CT molecular complexity index is 758. The Morgan fingerprint density at radius 2 is 2.15 bits per heavy atom. The molecule has 5 nitrogen and oxygen atoms in total. The first-order chi connectivity index (χ1) is 12.6. The van der Waals surface area contributed by atoms with Crippen LogP contribution in [0.5, 0.6) is 0 Å². The van der Waals surface area contributed by atoms with Crippen molar-refractivity contribution in [3.63, 3.8) is 0 Å².